The lowest BCUT2D eigenvalue weighted by molar-refractivity contribution is -0.145. The molecule has 1 aromatic heterocycles. The largest absolute Gasteiger partial charge is 0.497 e. The molecule has 1 aromatic carbocycles. The summed E-state index contributed by atoms with van der Waals surface area (Å²) in [6.07, 6.45) is 10.1. The van der Waals surface area contributed by atoms with Gasteiger partial charge >= 0.3 is 6.09 Å². The van der Waals surface area contributed by atoms with Crippen molar-refractivity contribution in [2.45, 2.75) is 151 Å². The molecule has 0 bridgehead atoms. The molecule has 2 aromatic rings. The molecule has 4 fully saturated rings. The van der Waals surface area contributed by atoms with E-state index in [1.165, 1.54) is 9.80 Å². The van der Waals surface area contributed by atoms with Crippen LogP contribution in [0, 0.1) is 11.8 Å². The van der Waals surface area contributed by atoms with Gasteiger partial charge in [0.05, 0.1) is 29.6 Å². The number of nitrogens with zero attached hydrogens (tertiary/aromatic N) is 3. The minimum absolute atomic E-state index is 0.0160. The van der Waals surface area contributed by atoms with Gasteiger partial charge in [-0.1, -0.05) is 45.8 Å². The first kappa shape index (κ1) is 40.4. The second-order valence-corrected chi connectivity index (χ2v) is 20.4. The third-order valence-electron chi connectivity index (χ3n) is 14.2. The second kappa shape index (κ2) is 14.7. The van der Waals surface area contributed by atoms with Gasteiger partial charge in [0.2, 0.25) is 21.8 Å². The average molecular weight is 820 g/mol. The van der Waals surface area contributed by atoms with Crippen molar-refractivity contribution < 1.29 is 42.2 Å². The molecule has 4 heterocycles. The van der Waals surface area contributed by atoms with Crippen molar-refractivity contribution in [3.05, 3.63) is 41.6 Å². The molecule has 15 heteroatoms. The molecule has 4 amide bonds. The SMILES string of the molecule is COc1ccc2nc(C(C)C)c3c(c2c1)CC[C@@]1(CN2C(=O)[C@@H](N(C(=O)O)C4CCC4)CCCCC/C=C\[C@@H]4C[C@@]4(C(=O)NS(=O)(=O)C4(C)CC4)NC(=O)[C@@H]2C1C)O3. The number of carbonyl (C=O) groups is 4. The van der Waals surface area contributed by atoms with Crippen molar-refractivity contribution in [1.82, 2.24) is 24.8 Å². The number of sulfonamides is 1. The summed E-state index contributed by atoms with van der Waals surface area (Å²) in [4.78, 5) is 65.3. The Kier molecular flexibility index (Phi) is 10.2. The molecule has 0 radical (unpaired) electrons. The molecule has 3 saturated carbocycles. The van der Waals surface area contributed by atoms with E-state index in [2.05, 4.69) is 10.0 Å². The van der Waals surface area contributed by atoms with Gasteiger partial charge in [-0.25, -0.2) is 18.2 Å². The van der Waals surface area contributed by atoms with Crippen LogP contribution in [0.15, 0.2) is 30.4 Å². The summed E-state index contributed by atoms with van der Waals surface area (Å²) in [5.74, 6) is -1.64. The number of fused-ring (bicyclic) bond motifs is 5. The van der Waals surface area contributed by atoms with Gasteiger partial charge in [0.25, 0.3) is 5.91 Å². The Hall–Kier alpha value is -4.40. The Labute approximate surface area is 340 Å². The number of carbonyl (C=O) groups excluding carboxylic acids is 3. The summed E-state index contributed by atoms with van der Waals surface area (Å²) in [7, 11) is -2.40. The number of aromatic nitrogens is 1. The molecular formula is C43H57N5O9S. The maximum atomic E-state index is 15.2. The second-order valence-electron chi connectivity index (χ2n) is 18.2. The summed E-state index contributed by atoms with van der Waals surface area (Å²) < 4.78 is 40.7. The molecular weight excluding hydrogens is 763 g/mol. The quantitative estimate of drug-likeness (QED) is 0.299. The minimum atomic E-state index is -4.01. The maximum Gasteiger partial charge on any atom is 0.408 e. The lowest BCUT2D eigenvalue weighted by atomic mass is 9.79. The topological polar surface area (TPSA) is 185 Å². The van der Waals surface area contributed by atoms with E-state index in [9.17, 15) is 23.1 Å². The fourth-order valence-corrected chi connectivity index (χ4v) is 11.1. The van der Waals surface area contributed by atoms with Crippen molar-refractivity contribution in [3.8, 4) is 11.5 Å². The zero-order valence-corrected chi connectivity index (χ0v) is 35.0. The standard InChI is InChI=1S/C43H57N5O9S/c1-25(2)34-36-30(31-22-29(56-5)16-17-32(31)44-34)18-19-42(57-36)24-47-35(26(42)3)37(49)45-43(39(51)46-58(54,55)41(4)20-21-41)23-27(43)12-9-7-6-8-10-15-33(38(47)50)48(40(52)53)28-13-11-14-28/h9,12,16-17,22,25-28,33,35H,6-8,10-11,13-15,18-21,23-24H2,1-5H3,(H,45,49)(H,46,51)(H,52,53)/b12-9-/t26?,27-,33+,35+,42+,43-/m1/s1. The van der Waals surface area contributed by atoms with Gasteiger partial charge in [0, 0.05) is 28.8 Å². The van der Waals surface area contributed by atoms with Gasteiger partial charge < -0.3 is 24.8 Å². The fourth-order valence-electron chi connectivity index (χ4n) is 9.76. The average Bonchev–Trinajstić information content (AvgIpc) is 4.07. The van der Waals surface area contributed by atoms with Gasteiger partial charge in [-0.2, -0.15) is 0 Å². The summed E-state index contributed by atoms with van der Waals surface area (Å²) >= 11 is 0. The number of amides is 4. The highest BCUT2D eigenvalue weighted by Crippen LogP contribution is 2.51. The Morgan fingerprint density at radius 3 is 2.52 bits per heavy atom. The third-order valence-corrected chi connectivity index (χ3v) is 16.3. The Morgan fingerprint density at radius 2 is 1.86 bits per heavy atom. The van der Waals surface area contributed by atoms with E-state index in [1.54, 1.807) is 14.0 Å². The molecule has 8 rings (SSSR count). The Bertz CT molecular complexity index is 2170. The molecule has 1 spiro atoms. The third kappa shape index (κ3) is 6.78. The van der Waals surface area contributed by atoms with Gasteiger partial charge in [-0.15, -0.1) is 0 Å². The number of rotatable bonds is 7. The lowest BCUT2D eigenvalue weighted by Gasteiger charge is -2.42. The van der Waals surface area contributed by atoms with Crippen LogP contribution < -0.4 is 19.5 Å². The summed E-state index contributed by atoms with van der Waals surface area (Å²) in [6.45, 7) is 7.59. The van der Waals surface area contributed by atoms with E-state index < -0.39 is 73.6 Å². The fraction of sp³-hybridized carbons (Fsp3) is 0.651. The smallest absolute Gasteiger partial charge is 0.408 e. The molecule has 3 aliphatic carbocycles. The highest BCUT2D eigenvalue weighted by Gasteiger charge is 2.65. The van der Waals surface area contributed by atoms with E-state index in [0.717, 1.165) is 41.4 Å². The predicted molar refractivity (Wildman–Crippen MR) is 216 cm³/mol. The number of hydrogen-bond donors (Lipinski definition) is 3. The van der Waals surface area contributed by atoms with Crippen LogP contribution in [0.4, 0.5) is 4.79 Å². The van der Waals surface area contributed by atoms with E-state index in [4.69, 9.17) is 14.5 Å². The summed E-state index contributed by atoms with van der Waals surface area (Å²) in [5.41, 5.74) is -0.0641. The molecule has 1 saturated heterocycles. The molecule has 3 N–H and O–H groups in total. The Balaban J connectivity index is 1.21. The number of nitrogens with one attached hydrogen (secondary N) is 2. The number of hydrogen-bond acceptors (Lipinski definition) is 9. The highest BCUT2D eigenvalue weighted by molar-refractivity contribution is 7.91. The number of benzene rings is 1. The molecule has 6 aliphatic rings. The zero-order chi connectivity index (χ0) is 41.4. The van der Waals surface area contributed by atoms with Crippen molar-refractivity contribution in [2.75, 3.05) is 13.7 Å². The van der Waals surface area contributed by atoms with Crippen LogP contribution in [0.5, 0.6) is 11.5 Å². The first-order valence-corrected chi connectivity index (χ1v) is 22.6. The van der Waals surface area contributed by atoms with E-state index in [0.29, 0.717) is 69.3 Å². The first-order chi connectivity index (χ1) is 27.5. The van der Waals surface area contributed by atoms with E-state index in [1.807, 2.05) is 51.1 Å². The number of carboxylic acid groups (broad SMARTS) is 1. The number of methoxy groups -OCH3 is 1. The van der Waals surface area contributed by atoms with Gasteiger partial charge in [-0.05, 0) is 102 Å². The van der Waals surface area contributed by atoms with Crippen molar-refractivity contribution in [1.29, 1.82) is 0 Å². The van der Waals surface area contributed by atoms with Gasteiger partial charge in [0.15, 0.2) is 0 Å². The van der Waals surface area contributed by atoms with Gasteiger partial charge in [0.1, 0.15) is 34.7 Å². The van der Waals surface area contributed by atoms with Crippen LogP contribution in [0.3, 0.4) is 0 Å². The lowest BCUT2D eigenvalue weighted by Crippen LogP contribution is -2.61. The van der Waals surface area contributed by atoms with E-state index in [-0.39, 0.29) is 24.9 Å². The number of ether oxygens (including phenoxy) is 2. The van der Waals surface area contributed by atoms with Crippen LogP contribution in [0.25, 0.3) is 10.9 Å². The van der Waals surface area contributed by atoms with Crippen molar-refractivity contribution >= 4 is 44.7 Å². The van der Waals surface area contributed by atoms with Gasteiger partial charge in [-0.3, -0.25) is 24.0 Å². The first-order valence-electron chi connectivity index (χ1n) is 21.1. The molecule has 3 aliphatic heterocycles. The summed E-state index contributed by atoms with van der Waals surface area (Å²) in [5, 5.41) is 14.5. The van der Waals surface area contributed by atoms with Crippen LogP contribution >= 0.6 is 0 Å². The molecule has 6 atom stereocenters. The molecule has 314 valence electrons. The summed E-state index contributed by atoms with van der Waals surface area (Å²) in [6, 6.07) is 3.29. The number of pyridine rings is 1. The minimum Gasteiger partial charge on any atom is -0.497 e. The van der Waals surface area contributed by atoms with Crippen molar-refractivity contribution in [2.24, 2.45) is 11.8 Å². The maximum absolute atomic E-state index is 15.2. The highest BCUT2D eigenvalue weighted by atomic mass is 32.2. The van der Waals surface area contributed by atoms with Crippen LogP contribution in [-0.4, -0.2) is 99.8 Å². The van der Waals surface area contributed by atoms with Crippen LogP contribution in [0.1, 0.15) is 122 Å². The molecule has 14 nitrogen and oxygen atoms in total. The zero-order valence-electron chi connectivity index (χ0n) is 34.2. The number of allylic oxidation sites excluding steroid dienone is 1. The van der Waals surface area contributed by atoms with Crippen LogP contribution in [-0.2, 0) is 30.8 Å². The normalized spacial score (nSPS) is 31.4. The van der Waals surface area contributed by atoms with E-state index >= 15 is 9.59 Å². The van der Waals surface area contributed by atoms with Crippen molar-refractivity contribution in [3.63, 3.8) is 0 Å². The van der Waals surface area contributed by atoms with Crippen LogP contribution in [0.2, 0.25) is 0 Å². The number of aryl methyl sites for hydroxylation is 1. The predicted octanol–water partition coefficient (Wildman–Crippen LogP) is 5.57. The molecule has 58 heavy (non-hydrogen) atoms. The monoisotopic (exact) mass is 819 g/mol. The molecule has 1 unspecified atom stereocenters. The Morgan fingerprint density at radius 1 is 1.10 bits per heavy atom.